The molecule has 27 heavy (non-hydrogen) atoms. The zero-order chi connectivity index (χ0) is 19.2. The molecule has 1 N–H and O–H groups in total. The van der Waals surface area contributed by atoms with E-state index in [0.29, 0.717) is 17.8 Å². The molecule has 3 aromatic rings. The second kappa shape index (κ2) is 6.72. The lowest BCUT2D eigenvalue weighted by Crippen LogP contribution is -2.35. The number of fused-ring (bicyclic) bond motifs is 1. The van der Waals surface area contributed by atoms with Crippen molar-refractivity contribution in [3.8, 4) is 0 Å². The van der Waals surface area contributed by atoms with Crippen molar-refractivity contribution in [2.24, 2.45) is 0 Å². The minimum Gasteiger partial charge on any atom is -0.348 e. The average molecular weight is 407 g/mol. The van der Waals surface area contributed by atoms with E-state index in [1.54, 1.807) is 22.9 Å². The van der Waals surface area contributed by atoms with Crippen molar-refractivity contribution in [3.63, 3.8) is 0 Å². The van der Waals surface area contributed by atoms with Crippen LogP contribution in [0.25, 0.3) is 10.2 Å². The van der Waals surface area contributed by atoms with Gasteiger partial charge in [-0.2, -0.15) is 5.10 Å². The zero-order valence-electron chi connectivity index (χ0n) is 14.6. The van der Waals surface area contributed by atoms with E-state index in [1.807, 2.05) is 6.92 Å². The second-order valence-electron chi connectivity index (χ2n) is 6.77. The number of benzene rings is 1. The van der Waals surface area contributed by atoms with Crippen molar-refractivity contribution >= 4 is 37.3 Å². The molecule has 9 heteroatoms. The Balaban J connectivity index is 1.57. The first-order valence-corrected chi connectivity index (χ1v) is 11.2. The maximum absolute atomic E-state index is 13.1. The number of carbonyl (C=O) groups excluding carboxylic acids is 1. The van der Waals surface area contributed by atoms with E-state index in [2.05, 4.69) is 10.4 Å². The quantitative estimate of drug-likeness (QED) is 0.721. The molecule has 1 aliphatic heterocycles. The Hall–Kier alpha value is -2.26. The number of halogens is 1. The molecule has 6 nitrogen and oxygen atoms in total. The molecule has 1 atom stereocenters. The van der Waals surface area contributed by atoms with E-state index in [1.165, 1.54) is 23.5 Å². The van der Waals surface area contributed by atoms with Gasteiger partial charge in [-0.15, -0.1) is 11.3 Å². The summed E-state index contributed by atoms with van der Waals surface area (Å²) in [5.74, 6) is -0.424. The highest BCUT2D eigenvalue weighted by molar-refractivity contribution is 7.91. The number of sulfone groups is 1. The van der Waals surface area contributed by atoms with Crippen LogP contribution in [0.4, 0.5) is 4.39 Å². The summed E-state index contributed by atoms with van der Waals surface area (Å²) >= 11 is 1.32. The predicted molar refractivity (Wildman–Crippen MR) is 102 cm³/mol. The summed E-state index contributed by atoms with van der Waals surface area (Å²) in [6.07, 6.45) is 0.455. The fourth-order valence-corrected chi connectivity index (χ4v) is 6.00. The summed E-state index contributed by atoms with van der Waals surface area (Å²) in [6, 6.07) is 7.70. The van der Waals surface area contributed by atoms with Crippen molar-refractivity contribution in [1.29, 1.82) is 0 Å². The molecule has 1 aliphatic rings. The molecule has 1 saturated heterocycles. The molecule has 3 heterocycles. The number of thiophene rings is 1. The molecule has 142 valence electrons. The molecule has 0 bridgehead atoms. The number of hydrogen-bond acceptors (Lipinski definition) is 5. The molecule has 0 aliphatic carbocycles. The van der Waals surface area contributed by atoms with Gasteiger partial charge in [0.2, 0.25) is 0 Å². The zero-order valence-corrected chi connectivity index (χ0v) is 16.2. The lowest BCUT2D eigenvalue weighted by molar-refractivity contribution is 0.0945. The summed E-state index contributed by atoms with van der Waals surface area (Å²) in [5, 5.41) is 8.22. The van der Waals surface area contributed by atoms with Gasteiger partial charge in [-0.25, -0.2) is 12.8 Å². The first-order valence-electron chi connectivity index (χ1n) is 8.53. The van der Waals surface area contributed by atoms with Gasteiger partial charge in [0, 0.05) is 11.4 Å². The molecule has 0 radical (unpaired) electrons. The number of carbonyl (C=O) groups is 1. The number of rotatable bonds is 4. The Morgan fingerprint density at radius 2 is 2.11 bits per heavy atom. The van der Waals surface area contributed by atoms with Crippen molar-refractivity contribution in [3.05, 3.63) is 52.3 Å². The highest BCUT2D eigenvalue weighted by atomic mass is 32.2. The van der Waals surface area contributed by atoms with E-state index in [0.717, 1.165) is 21.5 Å². The van der Waals surface area contributed by atoms with Crippen molar-refractivity contribution < 1.29 is 17.6 Å². The van der Waals surface area contributed by atoms with Crippen LogP contribution in [0.15, 0.2) is 30.3 Å². The normalized spacial score (nSPS) is 18.8. The monoisotopic (exact) mass is 407 g/mol. The molecule has 2 aromatic heterocycles. The van der Waals surface area contributed by atoms with Crippen LogP contribution in [-0.4, -0.2) is 41.7 Å². The molecular formula is C18H18FN3O3S2. The Kier molecular flexibility index (Phi) is 4.51. The average Bonchev–Trinajstić information content (AvgIpc) is 3.26. The molecular weight excluding hydrogens is 389 g/mol. The smallest absolute Gasteiger partial charge is 0.261 e. The molecule has 4 rings (SSSR count). The van der Waals surface area contributed by atoms with Gasteiger partial charge in [0.05, 0.1) is 28.6 Å². The standard InChI is InChI=1S/C18H18FN3O3S2/c1-11-15-8-16(17(23)20-14-6-7-27(24,25)10-14)26-18(15)22(21-11)9-12-2-4-13(19)5-3-12/h2-5,8,14H,6-7,9-10H2,1H3,(H,20,23)/t14-/m0/s1. The lowest BCUT2D eigenvalue weighted by atomic mass is 10.2. The van der Waals surface area contributed by atoms with Gasteiger partial charge in [-0.1, -0.05) is 12.1 Å². The van der Waals surface area contributed by atoms with Crippen LogP contribution in [-0.2, 0) is 16.4 Å². The van der Waals surface area contributed by atoms with Crippen molar-refractivity contribution in [2.45, 2.75) is 25.9 Å². The Morgan fingerprint density at radius 1 is 1.37 bits per heavy atom. The van der Waals surface area contributed by atoms with Crippen LogP contribution in [0, 0.1) is 12.7 Å². The van der Waals surface area contributed by atoms with Crippen LogP contribution < -0.4 is 5.32 Å². The SMILES string of the molecule is Cc1nn(Cc2ccc(F)cc2)c2sc(C(=O)N[C@H]3CCS(=O)(=O)C3)cc12. The Morgan fingerprint density at radius 3 is 2.78 bits per heavy atom. The van der Waals surface area contributed by atoms with E-state index in [-0.39, 0.29) is 29.3 Å². The second-order valence-corrected chi connectivity index (χ2v) is 10.0. The van der Waals surface area contributed by atoms with E-state index in [9.17, 15) is 17.6 Å². The Bertz CT molecular complexity index is 1120. The van der Waals surface area contributed by atoms with Gasteiger partial charge in [0.25, 0.3) is 5.91 Å². The number of aryl methyl sites for hydroxylation is 1. The number of amides is 1. The largest absolute Gasteiger partial charge is 0.348 e. The minimum atomic E-state index is -3.04. The maximum Gasteiger partial charge on any atom is 0.261 e. The summed E-state index contributed by atoms with van der Waals surface area (Å²) in [5.41, 5.74) is 1.72. The highest BCUT2D eigenvalue weighted by Gasteiger charge is 2.29. The molecule has 1 fully saturated rings. The number of aromatic nitrogens is 2. The molecule has 1 aromatic carbocycles. The molecule has 0 saturated carbocycles. The molecule has 0 spiro atoms. The number of nitrogens with zero attached hydrogens (tertiary/aromatic N) is 2. The lowest BCUT2D eigenvalue weighted by Gasteiger charge is -2.09. The van der Waals surface area contributed by atoms with E-state index < -0.39 is 9.84 Å². The predicted octanol–water partition coefficient (Wildman–Crippen LogP) is 2.51. The van der Waals surface area contributed by atoms with Gasteiger partial charge in [0.15, 0.2) is 9.84 Å². The summed E-state index contributed by atoms with van der Waals surface area (Å²) in [4.78, 5) is 13.9. The maximum atomic E-state index is 13.1. The van der Waals surface area contributed by atoms with E-state index in [4.69, 9.17) is 0 Å². The highest BCUT2D eigenvalue weighted by Crippen LogP contribution is 2.29. The first-order chi connectivity index (χ1) is 12.8. The fraction of sp³-hybridized carbons (Fsp3) is 0.333. The Labute approximate surface area is 159 Å². The molecule has 1 amide bonds. The van der Waals surface area contributed by atoms with Gasteiger partial charge >= 0.3 is 0 Å². The van der Waals surface area contributed by atoms with Crippen molar-refractivity contribution in [1.82, 2.24) is 15.1 Å². The topological polar surface area (TPSA) is 81.1 Å². The summed E-state index contributed by atoms with van der Waals surface area (Å²) < 4.78 is 38.0. The minimum absolute atomic E-state index is 0.000999. The van der Waals surface area contributed by atoms with E-state index >= 15 is 0 Å². The number of nitrogens with one attached hydrogen (secondary N) is 1. The van der Waals surface area contributed by atoms with Gasteiger partial charge in [-0.05, 0) is 37.1 Å². The molecule has 0 unspecified atom stereocenters. The van der Waals surface area contributed by atoms with Crippen LogP contribution in [0.1, 0.15) is 27.3 Å². The van der Waals surface area contributed by atoms with Gasteiger partial charge in [-0.3, -0.25) is 9.48 Å². The van der Waals surface area contributed by atoms with Gasteiger partial charge < -0.3 is 5.32 Å². The fourth-order valence-electron chi connectivity index (χ4n) is 3.26. The van der Waals surface area contributed by atoms with Crippen molar-refractivity contribution in [2.75, 3.05) is 11.5 Å². The van der Waals surface area contributed by atoms with Crippen LogP contribution in [0.3, 0.4) is 0 Å². The van der Waals surface area contributed by atoms with Crippen LogP contribution in [0.2, 0.25) is 0 Å². The number of hydrogen-bond donors (Lipinski definition) is 1. The summed E-state index contributed by atoms with van der Waals surface area (Å²) in [7, 11) is -3.04. The van der Waals surface area contributed by atoms with Gasteiger partial charge in [0.1, 0.15) is 10.6 Å². The van der Waals surface area contributed by atoms with Crippen LogP contribution in [0.5, 0.6) is 0 Å². The third-order valence-electron chi connectivity index (χ3n) is 4.64. The third kappa shape index (κ3) is 3.74. The third-order valence-corrected chi connectivity index (χ3v) is 7.56. The first kappa shape index (κ1) is 18.1. The van der Waals surface area contributed by atoms with Crippen LogP contribution >= 0.6 is 11.3 Å². The summed E-state index contributed by atoms with van der Waals surface area (Å²) in [6.45, 7) is 2.36.